The molecule has 0 aromatic heterocycles. The highest BCUT2D eigenvalue weighted by Gasteiger charge is 2.16. The number of amides is 1. The Kier molecular flexibility index (Phi) is 4.56. The van der Waals surface area contributed by atoms with Gasteiger partial charge in [0.25, 0.3) is 11.6 Å². The monoisotopic (exact) mass is 396 g/mol. The lowest BCUT2D eigenvalue weighted by Crippen LogP contribution is -2.14. The molecular weight excluding hydrogens is 383 g/mol. The number of carbonyl (C=O) groups is 1. The van der Waals surface area contributed by atoms with E-state index in [-0.39, 0.29) is 11.6 Å². The average Bonchev–Trinajstić information content (AvgIpc) is 2.42. The second kappa shape index (κ2) is 6.21. The van der Waals surface area contributed by atoms with E-state index in [0.29, 0.717) is 14.8 Å². The van der Waals surface area contributed by atoms with E-state index in [1.165, 1.54) is 12.1 Å². The molecule has 0 atom stereocenters. The summed E-state index contributed by atoms with van der Waals surface area (Å²) in [6, 6.07) is 9.94. The van der Waals surface area contributed by atoms with Crippen LogP contribution in [0.3, 0.4) is 0 Å². The number of benzene rings is 2. The summed E-state index contributed by atoms with van der Waals surface area (Å²) in [4.78, 5) is 22.6. The Morgan fingerprint density at radius 2 is 1.90 bits per heavy atom. The van der Waals surface area contributed by atoms with Crippen LogP contribution in [-0.4, -0.2) is 10.8 Å². The van der Waals surface area contributed by atoms with Crippen LogP contribution in [0.25, 0.3) is 0 Å². The minimum absolute atomic E-state index is 0.0961. The Labute approximate surface area is 135 Å². The van der Waals surface area contributed by atoms with Gasteiger partial charge < -0.3 is 5.32 Å². The Morgan fingerprint density at radius 1 is 1.19 bits per heavy atom. The van der Waals surface area contributed by atoms with E-state index in [1.807, 2.05) is 54.6 Å². The summed E-state index contributed by atoms with van der Waals surface area (Å²) in [5.41, 5.74) is 2.96. The Balaban J connectivity index is 2.32. The fourth-order valence-electron chi connectivity index (χ4n) is 1.94. The third-order valence-electron chi connectivity index (χ3n) is 3.04. The molecule has 6 heteroatoms. The van der Waals surface area contributed by atoms with E-state index < -0.39 is 4.92 Å². The van der Waals surface area contributed by atoms with Gasteiger partial charge in [-0.1, -0.05) is 17.7 Å². The first-order valence-electron chi connectivity index (χ1n) is 6.21. The van der Waals surface area contributed by atoms with Gasteiger partial charge >= 0.3 is 0 Å². The molecule has 2 aromatic rings. The molecule has 108 valence electrons. The van der Waals surface area contributed by atoms with Gasteiger partial charge in [0.1, 0.15) is 0 Å². The Bertz CT molecular complexity index is 729. The fourth-order valence-corrected chi connectivity index (χ4v) is 2.52. The molecule has 0 saturated heterocycles. The molecule has 0 heterocycles. The number of nitrogens with one attached hydrogen (secondary N) is 1. The van der Waals surface area contributed by atoms with Crippen LogP contribution in [0.2, 0.25) is 0 Å². The zero-order valence-electron chi connectivity index (χ0n) is 11.5. The van der Waals surface area contributed by atoms with Crippen molar-refractivity contribution in [3.63, 3.8) is 0 Å². The van der Waals surface area contributed by atoms with Gasteiger partial charge in [-0.15, -0.1) is 0 Å². The van der Waals surface area contributed by atoms with E-state index in [9.17, 15) is 14.9 Å². The summed E-state index contributed by atoms with van der Waals surface area (Å²) in [6.07, 6.45) is 0. The zero-order valence-corrected chi connectivity index (χ0v) is 13.7. The van der Waals surface area contributed by atoms with E-state index in [4.69, 9.17) is 0 Å². The van der Waals surface area contributed by atoms with Gasteiger partial charge in [0.15, 0.2) is 0 Å². The lowest BCUT2D eigenvalue weighted by Gasteiger charge is -2.10. The van der Waals surface area contributed by atoms with Crippen molar-refractivity contribution in [3.05, 3.63) is 66.8 Å². The van der Waals surface area contributed by atoms with Crippen LogP contribution < -0.4 is 5.32 Å². The van der Waals surface area contributed by atoms with Crippen molar-refractivity contribution in [1.29, 1.82) is 0 Å². The number of hydrogen-bond donors (Lipinski definition) is 1. The van der Waals surface area contributed by atoms with Crippen LogP contribution >= 0.6 is 22.6 Å². The third-order valence-corrected chi connectivity index (χ3v) is 3.98. The second-order valence-corrected chi connectivity index (χ2v) is 5.86. The zero-order chi connectivity index (χ0) is 15.6. The second-order valence-electron chi connectivity index (χ2n) is 4.69. The van der Waals surface area contributed by atoms with Crippen LogP contribution in [0, 0.1) is 27.5 Å². The van der Waals surface area contributed by atoms with Crippen molar-refractivity contribution in [3.8, 4) is 0 Å². The molecule has 0 fully saturated rings. The molecule has 2 rings (SSSR count). The van der Waals surface area contributed by atoms with Crippen molar-refractivity contribution in [2.45, 2.75) is 13.8 Å². The summed E-state index contributed by atoms with van der Waals surface area (Å²) in [5, 5.41) is 13.6. The molecule has 1 N–H and O–H groups in total. The molecule has 0 spiro atoms. The minimum Gasteiger partial charge on any atom is -0.322 e. The van der Waals surface area contributed by atoms with Crippen molar-refractivity contribution >= 4 is 39.9 Å². The lowest BCUT2D eigenvalue weighted by atomic mass is 10.1. The van der Waals surface area contributed by atoms with Crippen molar-refractivity contribution in [2.24, 2.45) is 0 Å². The van der Waals surface area contributed by atoms with Crippen LogP contribution in [-0.2, 0) is 0 Å². The summed E-state index contributed by atoms with van der Waals surface area (Å²) < 4.78 is 0.667. The molecule has 0 saturated carbocycles. The summed E-state index contributed by atoms with van der Waals surface area (Å²) in [7, 11) is 0. The maximum Gasteiger partial charge on any atom is 0.270 e. The molecule has 0 aliphatic carbocycles. The highest BCUT2D eigenvalue weighted by molar-refractivity contribution is 14.1. The predicted molar refractivity (Wildman–Crippen MR) is 89.7 cm³/mol. The summed E-state index contributed by atoms with van der Waals surface area (Å²) in [6.45, 7) is 3.88. The largest absolute Gasteiger partial charge is 0.322 e. The SMILES string of the molecule is Cc1ccc(NC(=O)c2cc([N+](=O)[O-])ccc2I)c(C)c1. The normalized spacial score (nSPS) is 10.2. The molecule has 0 aliphatic heterocycles. The van der Waals surface area contributed by atoms with Gasteiger partial charge in [-0.25, -0.2) is 0 Å². The number of rotatable bonds is 3. The highest BCUT2D eigenvalue weighted by atomic mass is 127. The number of nitrogens with zero attached hydrogens (tertiary/aromatic N) is 1. The van der Waals surface area contributed by atoms with Crippen LogP contribution in [0.1, 0.15) is 21.5 Å². The maximum atomic E-state index is 12.3. The number of halogens is 1. The van der Waals surface area contributed by atoms with Gasteiger partial charge in [-0.05, 0) is 54.1 Å². The fraction of sp³-hybridized carbons (Fsp3) is 0.133. The lowest BCUT2D eigenvalue weighted by molar-refractivity contribution is -0.384. The van der Waals surface area contributed by atoms with Gasteiger partial charge in [0, 0.05) is 21.4 Å². The van der Waals surface area contributed by atoms with E-state index in [0.717, 1.165) is 11.1 Å². The molecule has 0 radical (unpaired) electrons. The van der Waals surface area contributed by atoms with Crippen LogP contribution in [0.5, 0.6) is 0 Å². The topological polar surface area (TPSA) is 72.2 Å². The standard InChI is InChI=1S/C15H13IN2O3/c1-9-3-6-14(10(2)7-9)17-15(19)12-8-11(18(20)21)4-5-13(12)16/h3-8H,1-2H3,(H,17,19). The quantitative estimate of drug-likeness (QED) is 0.483. The van der Waals surface area contributed by atoms with Crippen LogP contribution in [0.4, 0.5) is 11.4 Å². The number of anilines is 1. The number of nitro benzene ring substituents is 1. The van der Waals surface area contributed by atoms with Crippen molar-refractivity contribution in [2.75, 3.05) is 5.32 Å². The third kappa shape index (κ3) is 3.57. The average molecular weight is 396 g/mol. The smallest absolute Gasteiger partial charge is 0.270 e. The molecule has 0 aliphatic rings. The molecule has 21 heavy (non-hydrogen) atoms. The first kappa shape index (κ1) is 15.4. The van der Waals surface area contributed by atoms with E-state index in [1.54, 1.807) is 6.07 Å². The molecule has 5 nitrogen and oxygen atoms in total. The van der Waals surface area contributed by atoms with Crippen molar-refractivity contribution < 1.29 is 9.72 Å². The first-order valence-corrected chi connectivity index (χ1v) is 7.29. The first-order chi connectivity index (χ1) is 9.88. The molecular formula is C15H13IN2O3. The van der Waals surface area contributed by atoms with Gasteiger partial charge in [-0.3, -0.25) is 14.9 Å². The Hall–Kier alpha value is -1.96. The van der Waals surface area contributed by atoms with E-state index >= 15 is 0 Å². The number of nitro groups is 1. The maximum absolute atomic E-state index is 12.3. The van der Waals surface area contributed by atoms with Gasteiger partial charge in [0.05, 0.1) is 10.5 Å². The van der Waals surface area contributed by atoms with Crippen LogP contribution in [0.15, 0.2) is 36.4 Å². The Morgan fingerprint density at radius 3 is 2.52 bits per heavy atom. The molecule has 0 bridgehead atoms. The van der Waals surface area contributed by atoms with E-state index in [2.05, 4.69) is 5.32 Å². The number of aryl methyl sites for hydroxylation is 2. The van der Waals surface area contributed by atoms with Crippen molar-refractivity contribution in [1.82, 2.24) is 0 Å². The van der Waals surface area contributed by atoms with Gasteiger partial charge in [-0.2, -0.15) is 0 Å². The number of carbonyl (C=O) groups excluding carboxylic acids is 1. The predicted octanol–water partition coefficient (Wildman–Crippen LogP) is 4.07. The molecule has 0 unspecified atom stereocenters. The summed E-state index contributed by atoms with van der Waals surface area (Å²) >= 11 is 1.99. The highest BCUT2D eigenvalue weighted by Crippen LogP contribution is 2.22. The number of non-ortho nitro benzene ring substituents is 1. The number of hydrogen-bond acceptors (Lipinski definition) is 3. The minimum atomic E-state index is -0.510. The summed E-state index contributed by atoms with van der Waals surface area (Å²) in [5.74, 6) is -0.352. The van der Waals surface area contributed by atoms with Gasteiger partial charge in [0.2, 0.25) is 0 Å². The molecule has 1 amide bonds. The molecule has 2 aromatic carbocycles.